The number of aromatic nitrogens is 1. The first-order chi connectivity index (χ1) is 14.2. The molecule has 1 amide bonds. The summed E-state index contributed by atoms with van der Waals surface area (Å²) in [6, 6.07) is 18.0. The molecule has 2 heterocycles. The van der Waals surface area contributed by atoms with Crippen molar-refractivity contribution in [3.8, 4) is 17.2 Å². The Bertz CT molecular complexity index is 964. The first-order valence-corrected chi connectivity index (χ1v) is 9.93. The molecule has 2 aromatic carbocycles. The quantitative estimate of drug-likeness (QED) is 0.627. The number of rotatable bonds is 6. The smallest absolute Gasteiger partial charge is 0.227 e. The first kappa shape index (κ1) is 19.1. The van der Waals surface area contributed by atoms with Gasteiger partial charge in [-0.25, -0.2) is 0 Å². The third-order valence-corrected chi connectivity index (χ3v) is 5.57. The molecule has 0 saturated carbocycles. The van der Waals surface area contributed by atoms with E-state index in [0.29, 0.717) is 6.42 Å². The molecule has 1 aliphatic heterocycles. The molecular weight excluding hydrogens is 364 g/mol. The summed E-state index contributed by atoms with van der Waals surface area (Å²) in [5, 5.41) is 0. The molecule has 0 aliphatic carbocycles. The lowest BCUT2D eigenvalue weighted by molar-refractivity contribution is -0.131. The summed E-state index contributed by atoms with van der Waals surface area (Å²) in [6.07, 6.45) is 6.37. The van der Waals surface area contributed by atoms with Gasteiger partial charge in [-0.2, -0.15) is 0 Å². The van der Waals surface area contributed by atoms with Gasteiger partial charge in [0.25, 0.3) is 0 Å². The number of nitrogens with zero attached hydrogens (tertiary/aromatic N) is 2. The molecular formula is C24H26N2O3. The van der Waals surface area contributed by atoms with Gasteiger partial charge in [-0.05, 0) is 54.8 Å². The highest BCUT2D eigenvalue weighted by atomic mass is 16.5. The molecule has 29 heavy (non-hydrogen) atoms. The number of amides is 1. The van der Waals surface area contributed by atoms with E-state index in [1.54, 1.807) is 14.2 Å². The monoisotopic (exact) mass is 390 g/mol. The molecule has 5 nitrogen and oxygen atoms in total. The van der Waals surface area contributed by atoms with Crippen molar-refractivity contribution in [3.05, 3.63) is 78.1 Å². The van der Waals surface area contributed by atoms with Crippen LogP contribution in [0.3, 0.4) is 0 Å². The van der Waals surface area contributed by atoms with Crippen molar-refractivity contribution in [1.29, 1.82) is 0 Å². The van der Waals surface area contributed by atoms with Crippen LogP contribution < -0.4 is 9.47 Å². The molecule has 3 aromatic rings. The fourth-order valence-corrected chi connectivity index (χ4v) is 4.05. The fourth-order valence-electron chi connectivity index (χ4n) is 4.05. The second-order valence-corrected chi connectivity index (χ2v) is 7.29. The minimum absolute atomic E-state index is 0.0440. The second kappa shape index (κ2) is 8.43. The van der Waals surface area contributed by atoms with Crippen molar-refractivity contribution in [2.45, 2.75) is 25.3 Å². The minimum atomic E-state index is 0.0440. The minimum Gasteiger partial charge on any atom is -0.497 e. The van der Waals surface area contributed by atoms with Gasteiger partial charge in [-0.15, -0.1) is 0 Å². The Morgan fingerprint density at radius 2 is 1.79 bits per heavy atom. The Kier molecular flexibility index (Phi) is 5.56. The number of methoxy groups -OCH3 is 2. The molecule has 0 bridgehead atoms. The molecule has 4 rings (SSSR count). The summed E-state index contributed by atoms with van der Waals surface area (Å²) in [6.45, 7) is 0.778. The van der Waals surface area contributed by atoms with Gasteiger partial charge in [0.2, 0.25) is 5.91 Å². The summed E-state index contributed by atoms with van der Waals surface area (Å²) in [5.74, 6) is 1.67. The van der Waals surface area contributed by atoms with Crippen LogP contribution in [-0.2, 0) is 11.2 Å². The van der Waals surface area contributed by atoms with Crippen LogP contribution in [-0.4, -0.2) is 36.1 Å². The Balaban J connectivity index is 1.49. The highest BCUT2D eigenvalue weighted by Gasteiger charge is 2.31. The molecule has 1 unspecified atom stereocenters. The van der Waals surface area contributed by atoms with Gasteiger partial charge in [0.1, 0.15) is 11.5 Å². The third kappa shape index (κ3) is 3.99. The lowest BCUT2D eigenvalue weighted by atomic mass is 10.0. The summed E-state index contributed by atoms with van der Waals surface area (Å²) >= 11 is 0. The van der Waals surface area contributed by atoms with Gasteiger partial charge in [0.15, 0.2) is 0 Å². The third-order valence-electron chi connectivity index (χ3n) is 5.57. The Morgan fingerprint density at radius 3 is 2.48 bits per heavy atom. The maximum atomic E-state index is 13.1. The topological polar surface area (TPSA) is 43.7 Å². The number of ether oxygens (including phenoxy) is 2. The summed E-state index contributed by atoms with van der Waals surface area (Å²) in [5.41, 5.74) is 3.16. The lowest BCUT2D eigenvalue weighted by Gasteiger charge is -2.26. The zero-order valence-corrected chi connectivity index (χ0v) is 16.9. The standard InChI is InChI=1S/C24H26N2O3/c1-28-20-11-12-21(23(17-20)29-2)22-6-5-15-26(22)24(27)16-18-7-9-19(10-8-18)25-13-3-4-14-25/h3-4,7-14,17,22H,5-6,15-16H2,1-2H3. The molecule has 1 saturated heterocycles. The van der Waals surface area contributed by atoms with E-state index in [2.05, 4.69) is 16.7 Å². The number of carbonyl (C=O) groups excluding carboxylic acids is 1. The van der Waals surface area contributed by atoms with Crippen molar-refractivity contribution < 1.29 is 14.3 Å². The van der Waals surface area contributed by atoms with Crippen LogP contribution in [0.5, 0.6) is 11.5 Å². The van der Waals surface area contributed by atoms with Crippen molar-refractivity contribution in [3.63, 3.8) is 0 Å². The number of hydrogen-bond acceptors (Lipinski definition) is 3. The van der Waals surface area contributed by atoms with Gasteiger partial charge >= 0.3 is 0 Å². The van der Waals surface area contributed by atoms with Crippen LogP contribution >= 0.6 is 0 Å². The predicted octanol–water partition coefficient (Wildman–Crippen LogP) is 4.40. The fraction of sp³-hybridized carbons (Fsp3) is 0.292. The summed E-state index contributed by atoms with van der Waals surface area (Å²) in [4.78, 5) is 15.1. The van der Waals surface area contributed by atoms with E-state index in [4.69, 9.17) is 9.47 Å². The van der Waals surface area contributed by atoms with Gasteiger partial charge in [0.05, 0.1) is 26.7 Å². The van der Waals surface area contributed by atoms with E-state index < -0.39 is 0 Å². The van der Waals surface area contributed by atoms with Crippen LogP contribution in [0.2, 0.25) is 0 Å². The van der Waals surface area contributed by atoms with Crippen LogP contribution in [0.25, 0.3) is 5.69 Å². The zero-order valence-electron chi connectivity index (χ0n) is 16.9. The molecule has 1 aromatic heterocycles. The first-order valence-electron chi connectivity index (χ1n) is 9.93. The van der Waals surface area contributed by atoms with E-state index in [-0.39, 0.29) is 11.9 Å². The molecule has 1 fully saturated rings. The lowest BCUT2D eigenvalue weighted by Crippen LogP contribution is -2.32. The average molecular weight is 390 g/mol. The second-order valence-electron chi connectivity index (χ2n) is 7.29. The highest BCUT2D eigenvalue weighted by molar-refractivity contribution is 5.79. The van der Waals surface area contributed by atoms with Gasteiger partial charge < -0.3 is 18.9 Å². The molecule has 0 radical (unpaired) electrons. The summed E-state index contributed by atoms with van der Waals surface area (Å²) < 4.78 is 12.9. The molecule has 1 atom stereocenters. The predicted molar refractivity (Wildman–Crippen MR) is 113 cm³/mol. The highest BCUT2D eigenvalue weighted by Crippen LogP contribution is 2.39. The van der Waals surface area contributed by atoms with Gasteiger partial charge in [-0.1, -0.05) is 12.1 Å². The van der Waals surface area contributed by atoms with Crippen molar-refractivity contribution in [2.75, 3.05) is 20.8 Å². The van der Waals surface area contributed by atoms with Crippen LogP contribution in [0.15, 0.2) is 67.0 Å². The molecule has 1 aliphatic rings. The van der Waals surface area contributed by atoms with Gasteiger partial charge in [0, 0.05) is 36.3 Å². The molecule has 150 valence electrons. The normalized spacial score (nSPS) is 16.1. The number of benzene rings is 2. The molecule has 0 spiro atoms. The largest absolute Gasteiger partial charge is 0.497 e. The van der Waals surface area contributed by atoms with E-state index in [1.807, 2.05) is 59.8 Å². The number of carbonyl (C=O) groups is 1. The zero-order chi connectivity index (χ0) is 20.2. The molecule has 5 heteroatoms. The Morgan fingerprint density at radius 1 is 1.03 bits per heavy atom. The maximum absolute atomic E-state index is 13.1. The van der Waals surface area contributed by atoms with E-state index in [0.717, 1.165) is 47.7 Å². The molecule has 0 N–H and O–H groups in total. The van der Waals surface area contributed by atoms with Crippen molar-refractivity contribution in [2.24, 2.45) is 0 Å². The van der Waals surface area contributed by atoms with Crippen LogP contribution in [0.1, 0.15) is 30.0 Å². The Labute approximate surface area is 171 Å². The van der Waals surface area contributed by atoms with E-state index in [9.17, 15) is 4.79 Å². The van der Waals surface area contributed by atoms with Gasteiger partial charge in [-0.3, -0.25) is 4.79 Å². The van der Waals surface area contributed by atoms with Crippen LogP contribution in [0, 0.1) is 0 Å². The average Bonchev–Trinajstić information content (AvgIpc) is 3.46. The Hall–Kier alpha value is -3.21. The maximum Gasteiger partial charge on any atom is 0.227 e. The summed E-state index contributed by atoms with van der Waals surface area (Å²) in [7, 11) is 3.30. The van der Waals surface area contributed by atoms with Crippen LogP contribution in [0.4, 0.5) is 0 Å². The number of hydrogen-bond donors (Lipinski definition) is 0. The van der Waals surface area contributed by atoms with E-state index >= 15 is 0 Å². The SMILES string of the molecule is COc1ccc(C2CCCN2C(=O)Cc2ccc(-n3cccc3)cc2)c(OC)c1. The van der Waals surface area contributed by atoms with E-state index in [1.165, 1.54) is 0 Å². The number of likely N-dealkylation sites (tertiary alicyclic amines) is 1. The van der Waals surface area contributed by atoms with Crippen molar-refractivity contribution in [1.82, 2.24) is 9.47 Å². The van der Waals surface area contributed by atoms with Crippen molar-refractivity contribution >= 4 is 5.91 Å².